The van der Waals surface area contributed by atoms with Crippen molar-refractivity contribution in [1.82, 2.24) is 0 Å². The number of ether oxygens (including phenoxy) is 2. The molecule has 0 saturated carbocycles. The molecule has 18 heavy (non-hydrogen) atoms. The minimum absolute atomic E-state index is 0.152. The van der Waals surface area contributed by atoms with Crippen molar-refractivity contribution in [3.8, 4) is 0 Å². The van der Waals surface area contributed by atoms with Crippen molar-refractivity contribution in [2.75, 3.05) is 19.1 Å². The molecule has 0 bridgehead atoms. The molecule has 0 spiro atoms. The van der Waals surface area contributed by atoms with Crippen molar-refractivity contribution in [2.24, 2.45) is 0 Å². The third kappa shape index (κ3) is 4.37. The van der Waals surface area contributed by atoms with Gasteiger partial charge in [-0.15, -0.1) is 11.6 Å². The van der Waals surface area contributed by atoms with Gasteiger partial charge in [0.2, 0.25) is 0 Å². The molecule has 0 saturated heterocycles. The van der Waals surface area contributed by atoms with E-state index in [0.29, 0.717) is 5.30 Å². The molecule has 6 heteroatoms. The monoisotopic (exact) mass is 289 g/mol. The zero-order chi connectivity index (χ0) is 13.4. The summed E-state index contributed by atoms with van der Waals surface area (Å²) < 4.78 is 22.3. The maximum Gasteiger partial charge on any atom is 0.420 e. The molecule has 1 aromatic carbocycles. The summed E-state index contributed by atoms with van der Waals surface area (Å²) in [5.41, 5.74) is 0. The van der Waals surface area contributed by atoms with E-state index in [4.69, 9.17) is 21.1 Å². The maximum absolute atomic E-state index is 12.2. The van der Waals surface area contributed by atoms with E-state index < -0.39 is 19.6 Å². The maximum atomic E-state index is 12.2. The first-order valence-electron chi connectivity index (χ1n) is 5.56. The summed E-state index contributed by atoms with van der Waals surface area (Å²) >= 11 is 5.51. The van der Waals surface area contributed by atoms with Crippen LogP contribution in [0.3, 0.4) is 0 Å². The van der Waals surface area contributed by atoms with Crippen LogP contribution in [0.4, 0.5) is 0 Å². The van der Waals surface area contributed by atoms with Gasteiger partial charge in [0.1, 0.15) is 0 Å². The summed E-state index contributed by atoms with van der Waals surface area (Å²) in [6, 6.07) is 8.70. The quantitative estimate of drug-likeness (QED) is 0.439. The van der Waals surface area contributed by atoms with E-state index in [1.54, 1.807) is 31.2 Å². The Morgan fingerprint density at radius 3 is 2.61 bits per heavy atom. The summed E-state index contributed by atoms with van der Waals surface area (Å²) in [5.74, 6) is -1.48. The largest absolute Gasteiger partial charge is 0.461 e. The summed E-state index contributed by atoms with van der Waals surface area (Å²) in [4.78, 5) is 11.7. The molecular formula is C12H15ClO4P+. The van der Waals surface area contributed by atoms with E-state index in [1.807, 2.05) is 6.07 Å². The Bertz CT molecular complexity index is 396. The average Bonchev–Trinajstić information content (AvgIpc) is 2.40. The topological polar surface area (TPSA) is 52.6 Å². The molecule has 0 aromatic heterocycles. The SMILES string of the molecule is CCOC(=O)C(OCCCl)[P+](=O)c1ccccc1. The van der Waals surface area contributed by atoms with Crippen molar-refractivity contribution < 1.29 is 18.8 Å². The Balaban J connectivity index is 2.82. The minimum atomic E-state index is -2.01. The van der Waals surface area contributed by atoms with E-state index in [9.17, 15) is 9.36 Å². The number of esters is 1. The van der Waals surface area contributed by atoms with Crippen LogP contribution >= 0.6 is 19.4 Å². The van der Waals surface area contributed by atoms with Crippen LogP contribution in [0.15, 0.2) is 30.3 Å². The molecule has 0 N–H and O–H groups in total. The molecule has 0 amide bonds. The Morgan fingerprint density at radius 2 is 2.06 bits per heavy atom. The van der Waals surface area contributed by atoms with E-state index in [1.165, 1.54) is 0 Å². The van der Waals surface area contributed by atoms with E-state index >= 15 is 0 Å². The van der Waals surface area contributed by atoms with E-state index in [-0.39, 0.29) is 19.1 Å². The van der Waals surface area contributed by atoms with Gasteiger partial charge in [-0.2, -0.15) is 0 Å². The zero-order valence-corrected chi connectivity index (χ0v) is 11.7. The predicted molar refractivity (Wildman–Crippen MR) is 70.8 cm³/mol. The highest BCUT2D eigenvalue weighted by molar-refractivity contribution is 7.55. The van der Waals surface area contributed by atoms with Crippen LogP contribution in [0.1, 0.15) is 6.92 Å². The van der Waals surface area contributed by atoms with Crippen LogP contribution in [0.2, 0.25) is 0 Å². The van der Waals surface area contributed by atoms with Crippen molar-refractivity contribution in [1.29, 1.82) is 0 Å². The Hall–Kier alpha value is -0.960. The molecule has 0 aliphatic heterocycles. The van der Waals surface area contributed by atoms with Crippen molar-refractivity contribution in [2.45, 2.75) is 12.8 Å². The van der Waals surface area contributed by atoms with Crippen LogP contribution in [0.5, 0.6) is 0 Å². The highest BCUT2D eigenvalue weighted by Crippen LogP contribution is 2.29. The number of hydrogen-bond acceptors (Lipinski definition) is 4. The number of halogens is 1. The molecule has 2 atom stereocenters. The fraction of sp³-hybridized carbons (Fsp3) is 0.417. The lowest BCUT2D eigenvalue weighted by molar-refractivity contribution is -0.150. The minimum Gasteiger partial charge on any atom is -0.461 e. The summed E-state index contributed by atoms with van der Waals surface area (Å²) in [7, 11) is -2.01. The number of carbonyl (C=O) groups excluding carboxylic acids is 1. The number of alkyl halides is 1. The van der Waals surface area contributed by atoms with E-state index in [0.717, 1.165) is 0 Å². The Kier molecular flexibility index (Phi) is 6.88. The summed E-state index contributed by atoms with van der Waals surface area (Å²) in [5, 5.41) is 0.556. The van der Waals surface area contributed by atoms with Crippen LogP contribution in [-0.4, -0.2) is 30.9 Å². The number of carbonyl (C=O) groups is 1. The molecule has 0 radical (unpaired) electrons. The van der Waals surface area contributed by atoms with Gasteiger partial charge in [-0.05, 0) is 19.1 Å². The smallest absolute Gasteiger partial charge is 0.420 e. The first-order chi connectivity index (χ1) is 8.70. The molecule has 98 valence electrons. The van der Waals surface area contributed by atoms with Crippen molar-refractivity contribution in [3.63, 3.8) is 0 Å². The summed E-state index contributed by atoms with van der Waals surface area (Å²) in [6.07, 6.45) is 0. The second-order valence-electron chi connectivity index (χ2n) is 3.33. The second kappa shape index (κ2) is 8.20. The lowest BCUT2D eigenvalue weighted by Gasteiger charge is -2.07. The van der Waals surface area contributed by atoms with Gasteiger partial charge in [0, 0.05) is 5.88 Å². The molecule has 0 fully saturated rings. The molecule has 0 aliphatic carbocycles. The lowest BCUT2D eigenvalue weighted by Crippen LogP contribution is -2.26. The normalized spacial score (nSPS) is 12.9. The third-order valence-electron chi connectivity index (χ3n) is 2.06. The first-order valence-corrected chi connectivity index (χ1v) is 7.42. The highest BCUT2D eigenvalue weighted by Gasteiger charge is 2.41. The zero-order valence-electron chi connectivity index (χ0n) is 10.0. The molecule has 1 rings (SSSR count). The number of rotatable bonds is 7. The Labute approximate surface area is 112 Å². The molecule has 2 unspecified atom stereocenters. The third-order valence-corrected chi connectivity index (χ3v) is 3.81. The lowest BCUT2D eigenvalue weighted by atomic mass is 10.4. The van der Waals surface area contributed by atoms with Gasteiger partial charge in [0.05, 0.1) is 13.2 Å². The predicted octanol–water partition coefficient (Wildman–Crippen LogP) is 2.28. The number of benzene rings is 1. The van der Waals surface area contributed by atoms with Crippen LogP contribution in [0, 0.1) is 0 Å². The standard InChI is InChI=1S/C12H15ClO4P/c1-2-16-11(14)12(17-9-8-13)18(15)10-6-4-3-5-7-10/h3-7,12H,2,8-9H2,1H3/q+1. The summed E-state index contributed by atoms with van der Waals surface area (Å²) in [6.45, 7) is 2.06. The average molecular weight is 290 g/mol. The Morgan fingerprint density at radius 1 is 1.39 bits per heavy atom. The van der Waals surface area contributed by atoms with Crippen LogP contribution in [0.25, 0.3) is 0 Å². The second-order valence-corrected chi connectivity index (χ2v) is 5.34. The molecule has 0 aliphatic rings. The van der Waals surface area contributed by atoms with Gasteiger partial charge in [0.15, 0.2) is 5.30 Å². The first kappa shape index (κ1) is 15.1. The van der Waals surface area contributed by atoms with Crippen molar-refractivity contribution >= 4 is 30.7 Å². The fourth-order valence-electron chi connectivity index (χ4n) is 1.31. The number of hydrogen-bond donors (Lipinski definition) is 0. The molecule has 4 nitrogen and oxygen atoms in total. The van der Waals surface area contributed by atoms with Gasteiger partial charge >= 0.3 is 19.6 Å². The van der Waals surface area contributed by atoms with Gasteiger partial charge in [-0.3, -0.25) is 0 Å². The van der Waals surface area contributed by atoms with Crippen LogP contribution in [-0.2, 0) is 18.8 Å². The molecule has 1 aromatic rings. The van der Waals surface area contributed by atoms with E-state index in [2.05, 4.69) is 0 Å². The van der Waals surface area contributed by atoms with Gasteiger partial charge in [0.25, 0.3) is 0 Å². The van der Waals surface area contributed by atoms with Crippen LogP contribution < -0.4 is 5.30 Å². The highest BCUT2D eigenvalue weighted by atomic mass is 35.5. The molecule has 0 heterocycles. The van der Waals surface area contributed by atoms with Gasteiger partial charge in [-0.1, -0.05) is 22.8 Å². The van der Waals surface area contributed by atoms with Gasteiger partial charge < -0.3 is 9.47 Å². The van der Waals surface area contributed by atoms with Gasteiger partial charge in [-0.25, -0.2) is 4.79 Å². The fourth-order valence-corrected chi connectivity index (χ4v) is 2.64. The van der Waals surface area contributed by atoms with Crippen molar-refractivity contribution in [3.05, 3.63) is 30.3 Å². The molecular weight excluding hydrogens is 275 g/mol.